The maximum absolute atomic E-state index is 12.5. The zero-order valence-corrected chi connectivity index (χ0v) is 26.3. The van der Waals surface area contributed by atoms with Crippen LogP contribution in [-0.2, 0) is 12.8 Å². The quantitative estimate of drug-likeness (QED) is 0.139. The second kappa shape index (κ2) is 15.9. The van der Waals surface area contributed by atoms with Gasteiger partial charge < -0.3 is 9.47 Å². The first-order chi connectivity index (χ1) is 22.8. The van der Waals surface area contributed by atoms with Gasteiger partial charge in [0.15, 0.2) is 23.1 Å². The van der Waals surface area contributed by atoms with Gasteiger partial charge in [-0.2, -0.15) is 0 Å². The summed E-state index contributed by atoms with van der Waals surface area (Å²) in [5, 5.41) is 0.420. The van der Waals surface area contributed by atoms with Crippen molar-refractivity contribution < 1.29 is 19.1 Å². The molecule has 2 aromatic carbocycles. The first-order valence-corrected chi connectivity index (χ1v) is 14.8. The molecule has 4 heterocycles. The monoisotopic (exact) mass is 644 g/mol. The number of nitrogens with zero attached hydrogens (tertiary/aromatic N) is 6. The Morgan fingerprint density at radius 3 is 1.72 bits per heavy atom. The standard InChI is InChI=1S/C19H17N3O2.C17H12ClN3O2/c1-13-3-4-16(22-9-13)8-19(23)15-5-14(2)6-17(7-15)24-18-10-20-12-21-11-18;18-13-5-12(17(22)8-14-3-1-2-4-21-14)6-15(7-13)23-16-9-19-11-20-10-16/h3-7,9-12H,8H2,1-2H3;1-7,9-11H,8H2. The molecule has 47 heavy (non-hydrogen) atoms. The zero-order chi connectivity index (χ0) is 33.0. The van der Waals surface area contributed by atoms with Gasteiger partial charge in [0.1, 0.15) is 24.2 Å². The largest absolute Gasteiger partial charge is 0.454 e. The molecule has 6 aromatic rings. The van der Waals surface area contributed by atoms with Crippen LogP contribution in [0.3, 0.4) is 0 Å². The van der Waals surface area contributed by atoms with E-state index >= 15 is 0 Å². The summed E-state index contributed by atoms with van der Waals surface area (Å²) in [6.07, 6.45) is 13.0. The highest BCUT2D eigenvalue weighted by Gasteiger charge is 2.13. The van der Waals surface area contributed by atoms with Crippen molar-refractivity contribution in [3.05, 3.63) is 155 Å². The Labute approximate surface area is 276 Å². The summed E-state index contributed by atoms with van der Waals surface area (Å²) in [5.74, 6) is 1.96. The maximum atomic E-state index is 12.5. The number of ketones is 2. The number of hydrogen-bond donors (Lipinski definition) is 0. The van der Waals surface area contributed by atoms with E-state index in [4.69, 9.17) is 21.1 Å². The van der Waals surface area contributed by atoms with Crippen LogP contribution in [0.2, 0.25) is 5.02 Å². The fourth-order valence-corrected chi connectivity index (χ4v) is 4.56. The molecule has 0 radical (unpaired) electrons. The zero-order valence-electron chi connectivity index (χ0n) is 25.6. The van der Waals surface area contributed by atoms with Crippen molar-refractivity contribution in [2.75, 3.05) is 0 Å². The van der Waals surface area contributed by atoms with Gasteiger partial charge in [-0.3, -0.25) is 19.6 Å². The van der Waals surface area contributed by atoms with E-state index in [1.165, 1.54) is 25.0 Å². The van der Waals surface area contributed by atoms with Crippen molar-refractivity contribution in [2.45, 2.75) is 26.7 Å². The molecule has 0 bridgehead atoms. The molecule has 0 amide bonds. The molecule has 0 aliphatic rings. The summed E-state index contributed by atoms with van der Waals surface area (Å²) < 4.78 is 11.3. The van der Waals surface area contributed by atoms with E-state index in [-0.39, 0.29) is 24.4 Å². The molecule has 0 spiro atoms. The summed E-state index contributed by atoms with van der Waals surface area (Å²) >= 11 is 6.08. The molecule has 0 fully saturated rings. The van der Waals surface area contributed by atoms with E-state index in [1.54, 1.807) is 61.2 Å². The summed E-state index contributed by atoms with van der Waals surface area (Å²) in [7, 11) is 0. The summed E-state index contributed by atoms with van der Waals surface area (Å²) in [6, 6.07) is 19.6. The first kappa shape index (κ1) is 32.5. The van der Waals surface area contributed by atoms with Crippen molar-refractivity contribution in [3.63, 3.8) is 0 Å². The molecule has 234 valence electrons. The highest BCUT2D eigenvalue weighted by Crippen LogP contribution is 2.26. The molecule has 0 saturated heterocycles. The Balaban J connectivity index is 0.000000185. The molecule has 0 aliphatic carbocycles. The van der Waals surface area contributed by atoms with Crippen LogP contribution in [0.4, 0.5) is 0 Å². The second-order valence-corrected chi connectivity index (χ2v) is 10.8. The Morgan fingerprint density at radius 1 is 0.596 bits per heavy atom. The van der Waals surface area contributed by atoms with Gasteiger partial charge in [0.25, 0.3) is 0 Å². The number of hydrogen-bond acceptors (Lipinski definition) is 10. The van der Waals surface area contributed by atoms with E-state index in [0.717, 1.165) is 16.8 Å². The number of halogens is 1. The maximum Gasteiger partial charge on any atom is 0.169 e. The minimum absolute atomic E-state index is 0.00390. The van der Waals surface area contributed by atoms with Crippen LogP contribution >= 0.6 is 11.6 Å². The highest BCUT2D eigenvalue weighted by molar-refractivity contribution is 6.31. The van der Waals surface area contributed by atoms with Crippen molar-refractivity contribution in [1.82, 2.24) is 29.9 Å². The number of Topliss-reactive ketones (excluding diaryl/α,β-unsaturated/α-hetero) is 2. The Kier molecular flexibility index (Phi) is 11.0. The average molecular weight is 645 g/mol. The number of aryl methyl sites for hydroxylation is 2. The Morgan fingerprint density at radius 2 is 1.17 bits per heavy atom. The SMILES string of the molecule is Cc1ccc(CC(=O)c2cc(C)cc(Oc3cncnc3)c2)nc1.O=C(Cc1ccccn1)c1cc(Cl)cc(Oc2cncnc2)c1. The molecule has 4 aromatic heterocycles. The minimum atomic E-state index is -0.0830. The van der Waals surface area contributed by atoms with E-state index in [9.17, 15) is 9.59 Å². The molecule has 0 aliphatic heterocycles. The number of pyridine rings is 2. The van der Waals surface area contributed by atoms with Crippen molar-refractivity contribution in [1.29, 1.82) is 0 Å². The van der Waals surface area contributed by atoms with Crippen molar-refractivity contribution in [2.24, 2.45) is 0 Å². The first-order valence-electron chi connectivity index (χ1n) is 14.5. The van der Waals surface area contributed by atoms with Gasteiger partial charge in [-0.1, -0.05) is 23.7 Å². The van der Waals surface area contributed by atoms with Crippen molar-refractivity contribution in [3.8, 4) is 23.0 Å². The van der Waals surface area contributed by atoms with Gasteiger partial charge in [0.05, 0.1) is 37.6 Å². The molecule has 0 atom stereocenters. The fraction of sp³-hybridized carbons (Fsp3) is 0.111. The van der Waals surface area contributed by atoms with Crippen LogP contribution in [0.15, 0.2) is 117 Å². The van der Waals surface area contributed by atoms with Crippen LogP contribution < -0.4 is 9.47 Å². The normalized spacial score (nSPS) is 10.4. The topological polar surface area (TPSA) is 130 Å². The molecule has 6 rings (SSSR count). The molecular formula is C36H29ClN6O4. The lowest BCUT2D eigenvalue weighted by molar-refractivity contribution is 0.0983. The average Bonchev–Trinajstić information content (AvgIpc) is 3.07. The third-order valence-electron chi connectivity index (χ3n) is 6.49. The van der Waals surface area contributed by atoms with E-state index in [1.807, 2.05) is 44.2 Å². The molecule has 0 N–H and O–H groups in total. The van der Waals surface area contributed by atoms with Crippen LogP contribution in [-0.4, -0.2) is 41.5 Å². The summed E-state index contributed by atoms with van der Waals surface area (Å²) in [6.45, 7) is 3.89. The number of rotatable bonds is 10. The van der Waals surface area contributed by atoms with Gasteiger partial charge in [-0.05, 0) is 79.6 Å². The van der Waals surface area contributed by atoms with Crippen LogP contribution in [0.25, 0.3) is 0 Å². The third kappa shape index (κ3) is 10.1. The lowest BCUT2D eigenvalue weighted by Gasteiger charge is -2.08. The molecule has 0 saturated carbocycles. The Bertz CT molecular complexity index is 1940. The van der Waals surface area contributed by atoms with Crippen LogP contribution in [0.1, 0.15) is 43.2 Å². The lowest BCUT2D eigenvalue weighted by Crippen LogP contribution is -2.06. The lowest BCUT2D eigenvalue weighted by atomic mass is 10.0. The van der Waals surface area contributed by atoms with Gasteiger partial charge >= 0.3 is 0 Å². The summed E-state index contributed by atoms with van der Waals surface area (Å²) in [5.41, 5.74) is 4.55. The van der Waals surface area contributed by atoms with E-state index in [2.05, 4.69) is 29.9 Å². The van der Waals surface area contributed by atoms with Gasteiger partial charge in [0.2, 0.25) is 0 Å². The highest BCUT2D eigenvalue weighted by atomic mass is 35.5. The fourth-order valence-electron chi connectivity index (χ4n) is 4.34. The molecule has 11 heteroatoms. The van der Waals surface area contributed by atoms with Crippen LogP contribution in [0, 0.1) is 13.8 Å². The predicted octanol–water partition coefficient (Wildman–Crippen LogP) is 7.45. The minimum Gasteiger partial charge on any atom is -0.454 e. The number of carbonyl (C=O) groups is 2. The molecule has 0 unspecified atom stereocenters. The number of aromatic nitrogens is 6. The van der Waals surface area contributed by atoms with Gasteiger partial charge in [0, 0.05) is 39.9 Å². The smallest absolute Gasteiger partial charge is 0.169 e. The predicted molar refractivity (Wildman–Crippen MR) is 176 cm³/mol. The van der Waals surface area contributed by atoms with Crippen molar-refractivity contribution >= 4 is 23.2 Å². The van der Waals surface area contributed by atoms with Crippen LogP contribution in [0.5, 0.6) is 23.0 Å². The number of benzene rings is 2. The van der Waals surface area contributed by atoms with Gasteiger partial charge in [-0.15, -0.1) is 0 Å². The Hall–Kier alpha value is -5.87. The number of ether oxygens (including phenoxy) is 2. The molecular weight excluding hydrogens is 616 g/mol. The number of carbonyl (C=O) groups excluding carboxylic acids is 2. The van der Waals surface area contributed by atoms with E-state index in [0.29, 0.717) is 44.8 Å². The summed E-state index contributed by atoms with van der Waals surface area (Å²) in [4.78, 5) is 48.9. The molecule has 10 nitrogen and oxygen atoms in total. The third-order valence-corrected chi connectivity index (χ3v) is 6.71. The van der Waals surface area contributed by atoms with E-state index < -0.39 is 0 Å². The second-order valence-electron chi connectivity index (χ2n) is 10.4. The van der Waals surface area contributed by atoms with Gasteiger partial charge in [-0.25, -0.2) is 19.9 Å².